The van der Waals surface area contributed by atoms with E-state index in [1.165, 1.54) is 5.56 Å². The van der Waals surface area contributed by atoms with Crippen LogP contribution in [0.1, 0.15) is 12.5 Å². The Morgan fingerprint density at radius 2 is 2.23 bits per heavy atom. The molecule has 0 saturated carbocycles. The maximum Gasteiger partial charge on any atom is 0.120 e. The lowest BCUT2D eigenvalue weighted by Crippen LogP contribution is -1.97. The molecule has 0 bridgehead atoms. The summed E-state index contributed by atoms with van der Waals surface area (Å²) >= 11 is 3.45. The van der Waals surface area contributed by atoms with Crippen LogP contribution in [0.15, 0.2) is 34.8 Å². The molecule has 1 aromatic rings. The highest BCUT2D eigenvalue weighted by molar-refractivity contribution is 9.10. The second-order valence-corrected chi connectivity index (χ2v) is 4.01. The van der Waals surface area contributed by atoms with Crippen LogP contribution in [0.4, 0.5) is 0 Å². The molecule has 0 radical (unpaired) electrons. The molecule has 2 heteroatoms. The van der Waals surface area contributed by atoms with Crippen LogP contribution in [0.5, 0.6) is 5.75 Å². The van der Waals surface area contributed by atoms with Gasteiger partial charge in [0.25, 0.3) is 0 Å². The molecule has 0 amide bonds. The number of hydrogen-bond acceptors (Lipinski definition) is 1. The van der Waals surface area contributed by atoms with Gasteiger partial charge in [0, 0.05) is 4.47 Å². The second-order valence-electron chi connectivity index (χ2n) is 3.16. The Labute approximate surface area is 87.5 Å². The summed E-state index contributed by atoms with van der Waals surface area (Å²) in [6.07, 6.45) is 0. The van der Waals surface area contributed by atoms with Gasteiger partial charge in [0.05, 0.1) is 0 Å². The van der Waals surface area contributed by atoms with Gasteiger partial charge in [-0.05, 0) is 37.1 Å². The van der Waals surface area contributed by atoms with Gasteiger partial charge < -0.3 is 4.74 Å². The minimum atomic E-state index is 0.579. The Bertz CT molecular complexity index is 318. The molecule has 0 atom stereocenters. The first-order valence-corrected chi connectivity index (χ1v) is 4.92. The first-order valence-electron chi connectivity index (χ1n) is 4.13. The van der Waals surface area contributed by atoms with E-state index in [1.54, 1.807) is 0 Å². The third kappa shape index (κ3) is 3.23. The first-order chi connectivity index (χ1) is 6.09. The van der Waals surface area contributed by atoms with E-state index in [1.807, 2.05) is 32.0 Å². The van der Waals surface area contributed by atoms with E-state index >= 15 is 0 Å². The molecule has 13 heavy (non-hydrogen) atoms. The molecule has 0 spiro atoms. The number of ether oxygens (including phenoxy) is 1. The van der Waals surface area contributed by atoms with Gasteiger partial charge in [-0.1, -0.05) is 28.6 Å². The lowest BCUT2D eigenvalue weighted by molar-refractivity contribution is 0.352. The monoisotopic (exact) mass is 240 g/mol. The van der Waals surface area contributed by atoms with Crippen molar-refractivity contribution in [2.75, 3.05) is 6.61 Å². The van der Waals surface area contributed by atoms with Gasteiger partial charge in [-0.3, -0.25) is 0 Å². The van der Waals surface area contributed by atoms with Crippen molar-refractivity contribution in [2.45, 2.75) is 13.8 Å². The van der Waals surface area contributed by atoms with Crippen molar-refractivity contribution < 1.29 is 4.74 Å². The van der Waals surface area contributed by atoms with Crippen molar-refractivity contribution in [3.05, 3.63) is 40.4 Å². The highest BCUT2D eigenvalue weighted by atomic mass is 79.9. The van der Waals surface area contributed by atoms with E-state index < -0.39 is 0 Å². The predicted octanol–water partition coefficient (Wildman–Crippen LogP) is 3.71. The van der Waals surface area contributed by atoms with Gasteiger partial charge in [-0.2, -0.15) is 0 Å². The van der Waals surface area contributed by atoms with E-state index in [0.717, 1.165) is 15.8 Å². The van der Waals surface area contributed by atoms with Crippen molar-refractivity contribution in [2.24, 2.45) is 0 Å². The number of aryl methyl sites for hydroxylation is 1. The van der Waals surface area contributed by atoms with E-state index in [9.17, 15) is 0 Å². The molecule has 0 unspecified atom stereocenters. The molecule has 1 aromatic carbocycles. The number of hydrogen-bond donors (Lipinski definition) is 0. The zero-order valence-electron chi connectivity index (χ0n) is 7.93. The zero-order valence-corrected chi connectivity index (χ0v) is 9.52. The van der Waals surface area contributed by atoms with Crippen molar-refractivity contribution >= 4 is 15.9 Å². The third-order valence-electron chi connectivity index (χ3n) is 1.63. The Morgan fingerprint density at radius 3 is 2.77 bits per heavy atom. The minimum Gasteiger partial charge on any atom is -0.489 e. The molecule has 0 aliphatic rings. The molecular formula is C11H13BrO. The maximum absolute atomic E-state index is 5.47. The van der Waals surface area contributed by atoms with Crippen LogP contribution in [-0.2, 0) is 0 Å². The minimum absolute atomic E-state index is 0.579. The molecule has 1 rings (SSSR count). The Balaban J connectivity index is 2.68. The summed E-state index contributed by atoms with van der Waals surface area (Å²) in [6, 6.07) is 5.96. The summed E-state index contributed by atoms with van der Waals surface area (Å²) in [5.41, 5.74) is 2.24. The summed E-state index contributed by atoms with van der Waals surface area (Å²) in [7, 11) is 0. The molecule has 0 aromatic heterocycles. The van der Waals surface area contributed by atoms with Crippen molar-refractivity contribution in [1.29, 1.82) is 0 Å². The normalized spacial score (nSPS) is 9.77. The van der Waals surface area contributed by atoms with Gasteiger partial charge >= 0.3 is 0 Å². The summed E-state index contributed by atoms with van der Waals surface area (Å²) in [4.78, 5) is 0. The highest BCUT2D eigenvalue weighted by Gasteiger charge is 1.97. The van der Waals surface area contributed by atoms with Crippen molar-refractivity contribution in [3.63, 3.8) is 0 Å². The van der Waals surface area contributed by atoms with E-state index in [-0.39, 0.29) is 0 Å². The molecule has 0 aliphatic heterocycles. The Morgan fingerprint density at radius 1 is 1.54 bits per heavy atom. The van der Waals surface area contributed by atoms with E-state index in [2.05, 4.69) is 22.5 Å². The van der Waals surface area contributed by atoms with Gasteiger partial charge in [-0.15, -0.1) is 0 Å². The maximum atomic E-state index is 5.47. The predicted molar refractivity (Wildman–Crippen MR) is 59.2 cm³/mol. The Kier molecular flexibility index (Phi) is 3.55. The molecule has 0 aliphatic carbocycles. The van der Waals surface area contributed by atoms with Crippen LogP contribution in [0.3, 0.4) is 0 Å². The van der Waals surface area contributed by atoms with Gasteiger partial charge in [0.1, 0.15) is 12.4 Å². The van der Waals surface area contributed by atoms with Crippen LogP contribution in [0, 0.1) is 6.92 Å². The van der Waals surface area contributed by atoms with E-state index in [4.69, 9.17) is 4.74 Å². The topological polar surface area (TPSA) is 9.23 Å². The molecule has 0 N–H and O–H groups in total. The Hall–Kier alpha value is -0.760. The number of rotatable bonds is 3. The fraction of sp³-hybridized carbons (Fsp3) is 0.273. The largest absolute Gasteiger partial charge is 0.489 e. The van der Waals surface area contributed by atoms with Crippen molar-refractivity contribution in [1.82, 2.24) is 0 Å². The fourth-order valence-corrected chi connectivity index (χ4v) is 1.23. The van der Waals surface area contributed by atoms with Crippen molar-refractivity contribution in [3.8, 4) is 5.75 Å². The molecular weight excluding hydrogens is 228 g/mol. The van der Waals surface area contributed by atoms with Gasteiger partial charge in [0.15, 0.2) is 0 Å². The molecule has 70 valence electrons. The van der Waals surface area contributed by atoms with Crippen LogP contribution < -0.4 is 4.74 Å². The van der Waals surface area contributed by atoms with Gasteiger partial charge in [0.2, 0.25) is 0 Å². The average Bonchev–Trinajstić information content (AvgIpc) is 2.07. The van der Waals surface area contributed by atoms with Crippen LogP contribution in [0.25, 0.3) is 0 Å². The lowest BCUT2D eigenvalue weighted by Gasteiger charge is -2.06. The quantitative estimate of drug-likeness (QED) is 0.733. The molecule has 1 nitrogen and oxygen atoms in total. The van der Waals surface area contributed by atoms with E-state index in [0.29, 0.717) is 6.61 Å². The highest BCUT2D eigenvalue weighted by Crippen LogP contribution is 2.22. The number of halogens is 1. The molecule has 0 saturated heterocycles. The van der Waals surface area contributed by atoms with Gasteiger partial charge in [-0.25, -0.2) is 0 Å². The standard InChI is InChI=1S/C11H13BrO/c1-8(2)7-13-10-5-4-9(3)11(12)6-10/h4-6H,1,7H2,2-3H3. The first kappa shape index (κ1) is 10.3. The third-order valence-corrected chi connectivity index (χ3v) is 2.48. The lowest BCUT2D eigenvalue weighted by atomic mass is 10.2. The van der Waals surface area contributed by atoms with Crippen LogP contribution in [-0.4, -0.2) is 6.61 Å². The number of benzene rings is 1. The summed E-state index contributed by atoms with van der Waals surface area (Å²) in [5, 5.41) is 0. The van der Waals surface area contributed by atoms with Crippen LogP contribution >= 0.6 is 15.9 Å². The van der Waals surface area contributed by atoms with Crippen LogP contribution in [0.2, 0.25) is 0 Å². The summed E-state index contributed by atoms with van der Waals surface area (Å²) < 4.78 is 6.55. The zero-order chi connectivity index (χ0) is 9.84. The smallest absolute Gasteiger partial charge is 0.120 e. The fourth-order valence-electron chi connectivity index (χ4n) is 0.870. The molecule has 0 heterocycles. The SMILES string of the molecule is C=C(C)COc1ccc(C)c(Br)c1. The average molecular weight is 241 g/mol. The summed E-state index contributed by atoms with van der Waals surface area (Å²) in [6.45, 7) is 8.35. The molecule has 0 fully saturated rings. The summed E-state index contributed by atoms with van der Waals surface area (Å²) in [5.74, 6) is 0.875. The second kappa shape index (κ2) is 4.47.